The highest BCUT2D eigenvalue weighted by molar-refractivity contribution is 6.31. The van der Waals surface area contributed by atoms with Crippen molar-refractivity contribution >= 4 is 51.3 Å². The number of carboxylic acid groups (broad SMARTS) is 1. The van der Waals surface area contributed by atoms with E-state index >= 15 is 0 Å². The van der Waals surface area contributed by atoms with Crippen LogP contribution in [0.15, 0.2) is 75.0 Å². The molecule has 0 radical (unpaired) electrons. The summed E-state index contributed by atoms with van der Waals surface area (Å²) in [6, 6.07) is 16.0. The zero-order valence-corrected chi connectivity index (χ0v) is 22.4. The Labute approximate surface area is 236 Å². The van der Waals surface area contributed by atoms with Gasteiger partial charge in [0.15, 0.2) is 17.6 Å². The van der Waals surface area contributed by atoms with Crippen LogP contribution in [0.25, 0.3) is 33.5 Å². The summed E-state index contributed by atoms with van der Waals surface area (Å²) in [4.78, 5) is 40.6. The van der Waals surface area contributed by atoms with Crippen molar-refractivity contribution in [2.45, 2.75) is 20.0 Å². The van der Waals surface area contributed by atoms with Gasteiger partial charge in [0.1, 0.15) is 5.58 Å². The van der Waals surface area contributed by atoms with Gasteiger partial charge in [-0.3, -0.25) is 14.9 Å². The van der Waals surface area contributed by atoms with E-state index in [1.54, 1.807) is 55.5 Å². The third-order valence-corrected chi connectivity index (χ3v) is 6.21. The van der Waals surface area contributed by atoms with E-state index in [4.69, 9.17) is 25.5 Å². The fraction of sp³-hybridized carbons (Fsp3) is 0.143. The molecule has 0 saturated heterocycles. The molecule has 5 aromatic rings. The lowest BCUT2D eigenvalue weighted by Crippen LogP contribution is -2.23. The topological polar surface area (TPSA) is 159 Å². The van der Waals surface area contributed by atoms with E-state index in [1.807, 2.05) is 0 Å². The maximum absolute atomic E-state index is 13.5. The van der Waals surface area contributed by atoms with E-state index in [9.17, 15) is 24.8 Å². The van der Waals surface area contributed by atoms with Gasteiger partial charge in [0, 0.05) is 22.0 Å². The minimum atomic E-state index is -1.38. The van der Waals surface area contributed by atoms with Crippen molar-refractivity contribution in [3.05, 3.63) is 91.7 Å². The number of ether oxygens (including phenoxy) is 2. The van der Waals surface area contributed by atoms with Gasteiger partial charge in [0.05, 0.1) is 28.6 Å². The van der Waals surface area contributed by atoms with Gasteiger partial charge in [0.25, 0.3) is 5.56 Å². The fourth-order valence-electron chi connectivity index (χ4n) is 4.07. The van der Waals surface area contributed by atoms with Gasteiger partial charge in [0.2, 0.25) is 11.6 Å². The van der Waals surface area contributed by atoms with Crippen LogP contribution in [0.3, 0.4) is 0 Å². The summed E-state index contributed by atoms with van der Waals surface area (Å²) in [5.74, 6) is -1.37. The first-order valence-corrected chi connectivity index (χ1v) is 12.6. The van der Waals surface area contributed by atoms with Crippen LogP contribution in [-0.2, 0) is 4.79 Å². The number of nitrogens with zero attached hydrogens (tertiary/aromatic N) is 4. The van der Waals surface area contributed by atoms with E-state index < -0.39 is 28.2 Å². The predicted molar refractivity (Wildman–Crippen MR) is 151 cm³/mol. The van der Waals surface area contributed by atoms with E-state index in [2.05, 4.69) is 10.1 Å². The van der Waals surface area contributed by atoms with Crippen LogP contribution in [-0.4, -0.2) is 44.6 Å². The monoisotopic (exact) mass is 576 g/mol. The molecule has 0 saturated carbocycles. The van der Waals surface area contributed by atoms with Gasteiger partial charge >= 0.3 is 11.7 Å². The molecular weight excluding hydrogens is 556 g/mol. The number of carboxylic acids is 1. The van der Waals surface area contributed by atoms with E-state index in [0.717, 1.165) is 10.7 Å². The second-order valence-electron chi connectivity index (χ2n) is 8.76. The zero-order valence-electron chi connectivity index (χ0n) is 21.6. The van der Waals surface area contributed by atoms with Gasteiger partial charge < -0.3 is 19.0 Å². The quantitative estimate of drug-likeness (QED) is 0.136. The highest BCUT2D eigenvalue weighted by Gasteiger charge is 2.26. The normalized spacial score (nSPS) is 12.2. The van der Waals surface area contributed by atoms with Gasteiger partial charge in [-0.2, -0.15) is 9.78 Å². The Hall–Kier alpha value is -5.23. The van der Waals surface area contributed by atoms with Gasteiger partial charge in [-0.15, -0.1) is 0 Å². The van der Waals surface area contributed by atoms with Crippen LogP contribution in [0.5, 0.6) is 11.5 Å². The van der Waals surface area contributed by atoms with Crippen molar-refractivity contribution < 1.29 is 28.7 Å². The van der Waals surface area contributed by atoms with Crippen molar-refractivity contribution in [1.29, 1.82) is 0 Å². The maximum Gasteiger partial charge on any atom is 0.344 e. The first-order valence-electron chi connectivity index (χ1n) is 12.3. The fourth-order valence-corrected chi connectivity index (χ4v) is 4.25. The minimum absolute atomic E-state index is 0.0605. The van der Waals surface area contributed by atoms with Gasteiger partial charge in [-0.25, -0.2) is 9.78 Å². The Morgan fingerprint density at radius 1 is 1.24 bits per heavy atom. The van der Waals surface area contributed by atoms with Crippen molar-refractivity contribution in [2.75, 3.05) is 6.61 Å². The number of furan rings is 1. The van der Waals surface area contributed by atoms with Crippen molar-refractivity contribution in [1.82, 2.24) is 9.66 Å². The van der Waals surface area contributed by atoms with Crippen LogP contribution in [0.4, 0.5) is 5.69 Å². The van der Waals surface area contributed by atoms with Crippen molar-refractivity contribution in [2.24, 2.45) is 5.10 Å². The third kappa shape index (κ3) is 5.45. The number of rotatable bonds is 9. The minimum Gasteiger partial charge on any atom is -0.490 e. The number of benzene rings is 3. The predicted octanol–water partition coefficient (Wildman–Crippen LogP) is 5.50. The lowest BCUT2D eigenvalue weighted by Gasteiger charge is -2.15. The largest absolute Gasteiger partial charge is 0.490 e. The number of halogens is 1. The molecule has 0 aliphatic carbocycles. The van der Waals surface area contributed by atoms with Crippen molar-refractivity contribution in [3.63, 3.8) is 0 Å². The first kappa shape index (κ1) is 27.3. The summed E-state index contributed by atoms with van der Waals surface area (Å²) in [6.07, 6.45) is -0.156. The highest BCUT2D eigenvalue weighted by atomic mass is 35.5. The highest BCUT2D eigenvalue weighted by Crippen LogP contribution is 2.39. The number of aromatic nitrogens is 2. The number of para-hydroxylation sites is 1. The van der Waals surface area contributed by atoms with Crippen molar-refractivity contribution in [3.8, 4) is 23.1 Å². The van der Waals surface area contributed by atoms with E-state index in [-0.39, 0.29) is 35.3 Å². The maximum atomic E-state index is 13.5. The molecule has 208 valence electrons. The molecule has 0 aliphatic rings. The number of nitro benzene ring substituents is 1. The molecule has 0 fully saturated rings. The molecule has 0 aliphatic heterocycles. The molecule has 0 amide bonds. The molecule has 1 atom stereocenters. The second kappa shape index (κ2) is 11.1. The zero-order chi connectivity index (χ0) is 29.3. The molecule has 0 unspecified atom stereocenters. The Balaban J connectivity index is 1.67. The molecule has 13 heteroatoms. The summed E-state index contributed by atoms with van der Waals surface area (Å²) in [5.41, 5.74) is 0.0723. The molecule has 0 bridgehead atoms. The molecule has 3 aromatic carbocycles. The summed E-state index contributed by atoms with van der Waals surface area (Å²) in [5, 5.41) is 26.9. The van der Waals surface area contributed by atoms with E-state index in [0.29, 0.717) is 26.9 Å². The lowest BCUT2D eigenvalue weighted by atomic mass is 10.1. The smallest absolute Gasteiger partial charge is 0.344 e. The van der Waals surface area contributed by atoms with Gasteiger partial charge in [-0.05, 0) is 56.3 Å². The van der Waals surface area contributed by atoms with E-state index in [1.165, 1.54) is 19.2 Å². The number of hydrogen-bond donors (Lipinski definition) is 1. The molecular formula is C28H21ClN4O8. The average Bonchev–Trinajstić information content (AvgIpc) is 3.36. The Bertz CT molecular complexity index is 1910. The summed E-state index contributed by atoms with van der Waals surface area (Å²) < 4.78 is 17.9. The standard InChI is InChI=1S/C28H21ClN4O8/c1-3-39-23-11-16(10-21(33(37)38)25(23)40-15(2)28(35)36)14-30-32-26(31-20-7-5-4-6-19(20)27(32)34)24-13-17-12-18(29)8-9-22(17)41-24/h4-15H,3H2,1-2H3,(H,35,36)/t15-/m0/s1. The lowest BCUT2D eigenvalue weighted by molar-refractivity contribution is -0.386. The van der Waals surface area contributed by atoms with Gasteiger partial charge in [-0.1, -0.05) is 23.7 Å². The molecule has 2 heterocycles. The Kier molecular flexibility index (Phi) is 7.40. The number of fused-ring (bicyclic) bond motifs is 2. The summed E-state index contributed by atoms with van der Waals surface area (Å²) in [6.45, 7) is 3.01. The van der Waals surface area contributed by atoms with Crippen LogP contribution < -0.4 is 15.0 Å². The Morgan fingerprint density at radius 2 is 2.02 bits per heavy atom. The number of carbonyl (C=O) groups is 1. The summed E-state index contributed by atoms with van der Waals surface area (Å²) >= 11 is 6.12. The van der Waals surface area contributed by atoms with Crippen LogP contribution in [0.1, 0.15) is 19.4 Å². The number of nitro groups is 1. The molecule has 2 aromatic heterocycles. The molecule has 41 heavy (non-hydrogen) atoms. The molecule has 1 N–H and O–H groups in total. The van der Waals surface area contributed by atoms with Crippen LogP contribution >= 0.6 is 11.6 Å². The average molecular weight is 577 g/mol. The number of hydrogen-bond acceptors (Lipinski definition) is 9. The second-order valence-corrected chi connectivity index (χ2v) is 9.20. The first-order chi connectivity index (χ1) is 19.7. The third-order valence-electron chi connectivity index (χ3n) is 5.97. The Morgan fingerprint density at radius 3 is 2.76 bits per heavy atom. The van der Waals surface area contributed by atoms with Crippen LogP contribution in [0, 0.1) is 10.1 Å². The SMILES string of the molecule is CCOc1cc(C=Nn2c(-c3cc4cc(Cl)ccc4o3)nc3ccccc3c2=O)cc([N+](=O)[O-])c1O[C@@H](C)C(=O)O. The number of aliphatic carboxylic acids is 1. The molecule has 0 spiro atoms. The molecule has 5 rings (SSSR count). The van der Waals surface area contributed by atoms with Crippen LogP contribution in [0.2, 0.25) is 5.02 Å². The molecule has 12 nitrogen and oxygen atoms in total. The summed E-state index contributed by atoms with van der Waals surface area (Å²) in [7, 11) is 0.